The van der Waals surface area contributed by atoms with Crippen molar-refractivity contribution in [3.05, 3.63) is 12.3 Å². The number of rotatable bonds is 1. The molecule has 0 saturated carbocycles. The Morgan fingerprint density at radius 1 is 1.33 bits per heavy atom. The lowest BCUT2D eigenvalue weighted by molar-refractivity contribution is 0.136. The van der Waals surface area contributed by atoms with E-state index in [4.69, 9.17) is 0 Å². The fraction of sp³-hybridized carbons (Fsp3) is 0.750. The summed E-state index contributed by atoms with van der Waals surface area (Å²) in [5.74, 6) is 0. The molecule has 0 spiro atoms. The maximum absolute atomic E-state index is 4.39. The maximum atomic E-state index is 4.39. The standard InChI is InChI=1S/C12H21N3/c1-12(15-9-7-13-8-10-15)5-3-2-4-6-14-11-12/h4,6,11,13H,2-3,5,7-10H2,1H3/b6-4-,14-11?. The van der Waals surface area contributed by atoms with Gasteiger partial charge in [0.05, 0.1) is 5.54 Å². The molecule has 2 aliphatic rings. The Hall–Kier alpha value is -0.670. The third kappa shape index (κ3) is 2.67. The summed E-state index contributed by atoms with van der Waals surface area (Å²) in [6.45, 7) is 6.83. The third-order valence-electron chi connectivity index (χ3n) is 3.44. The molecule has 2 aliphatic heterocycles. The Balaban J connectivity index is 2.07. The predicted molar refractivity (Wildman–Crippen MR) is 64.3 cm³/mol. The van der Waals surface area contributed by atoms with Gasteiger partial charge in [-0.05, 0) is 26.2 Å². The van der Waals surface area contributed by atoms with Crippen molar-refractivity contribution in [1.82, 2.24) is 10.2 Å². The molecule has 1 saturated heterocycles. The Labute approximate surface area is 92.3 Å². The molecule has 2 rings (SSSR count). The second-order valence-electron chi connectivity index (χ2n) is 4.65. The van der Waals surface area contributed by atoms with Gasteiger partial charge in [0.2, 0.25) is 0 Å². The second-order valence-corrected chi connectivity index (χ2v) is 4.65. The summed E-state index contributed by atoms with van der Waals surface area (Å²) in [6.07, 6.45) is 9.89. The van der Waals surface area contributed by atoms with Gasteiger partial charge < -0.3 is 5.32 Å². The van der Waals surface area contributed by atoms with Crippen LogP contribution in [0.15, 0.2) is 17.3 Å². The monoisotopic (exact) mass is 207 g/mol. The number of allylic oxidation sites excluding steroid dienone is 1. The van der Waals surface area contributed by atoms with Crippen LogP contribution in [0.4, 0.5) is 0 Å². The zero-order valence-corrected chi connectivity index (χ0v) is 9.58. The van der Waals surface area contributed by atoms with Crippen LogP contribution in [0.2, 0.25) is 0 Å². The van der Waals surface area contributed by atoms with Crippen LogP contribution in [0.5, 0.6) is 0 Å². The Morgan fingerprint density at radius 2 is 2.13 bits per heavy atom. The lowest BCUT2D eigenvalue weighted by atomic mass is 9.92. The first-order valence-corrected chi connectivity index (χ1v) is 5.96. The zero-order chi connectivity index (χ0) is 10.6. The number of piperazine rings is 1. The van der Waals surface area contributed by atoms with Crippen LogP contribution in [0, 0.1) is 0 Å². The highest BCUT2D eigenvalue weighted by Gasteiger charge is 2.30. The molecule has 3 heteroatoms. The molecule has 3 nitrogen and oxygen atoms in total. The first kappa shape index (κ1) is 10.8. The van der Waals surface area contributed by atoms with Gasteiger partial charge in [0.15, 0.2) is 0 Å². The second kappa shape index (κ2) is 4.90. The molecule has 1 N–H and O–H groups in total. The minimum Gasteiger partial charge on any atom is -0.314 e. The van der Waals surface area contributed by atoms with E-state index in [0.29, 0.717) is 0 Å². The predicted octanol–water partition coefficient (Wildman–Crippen LogP) is 1.42. The summed E-state index contributed by atoms with van der Waals surface area (Å²) in [5, 5.41) is 3.40. The van der Waals surface area contributed by atoms with Crippen LogP contribution < -0.4 is 5.32 Å². The largest absolute Gasteiger partial charge is 0.314 e. The van der Waals surface area contributed by atoms with Gasteiger partial charge in [0.25, 0.3) is 0 Å². The molecule has 1 fully saturated rings. The van der Waals surface area contributed by atoms with Crippen molar-refractivity contribution in [3.63, 3.8) is 0 Å². The molecule has 0 aromatic heterocycles. The van der Waals surface area contributed by atoms with Crippen molar-refractivity contribution in [1.29, 1.82) is 0 Å². The smallest absolute Gasteiger partial charge is 0.0536 e. The summed E-state index contributed by atoms with van der Waals surface area (Å²) < 4.78 is 0. The van der Waals surface area contributed by atoms with Gasteiger partial charge in [0, 0.05) is 38.6 Å². The van der Waals surface area contributed by atoms with E-state index < -0.39 is 0 Å². The minimum absolute atomic E-state index is 0.173. The molecule has 1 atom stereocenters. The van der Waals surface area contributed by atoms with Gasteiger partial charge in [-0.3, -0.25) is 9.89 Å². The van der Waals surface area contributed by atoms with Crippen molar-refractivity contribution >= 4 is 6.21 Å². The summed E-state index contributed by atoms with van der Waals surface area (Å²) >= 11 is 0. The normalized spacial score (nSPS) is 35.8. The van der Waals surface area contributed by atoms with Crippen LogP contribution in [0.1, 0.15) is 26.2 Å². The molecule has 1 unspecified atom stereocenters. The van der Waals surface area contributed by atoms with Crippen LogP contribution in [-0.2, 0) is 0 Å². The van der Waals surface area contributed by atoms with Crippen LogP contribution in [0.3, 0.4) is 0 Å². The molecule has 0 bridgehead atoms. The van der Waals surface area contributed by atoms with E-state index in [1.165, 1.54) is 19.3 Å². The van der Waals surface area contributed by atoms with E-state index in [-0.39, 0.29) is 5.54 Å². The summed E-state index contributed by atoms with van der Waals surface area (Å²) in [4.78, 5) is 6.95. The van der Waals surface area contributed by atoms with Crippen LogP contribution >= 0.6 is 0 Å². The Bertz CT molecular complexity index is 254. The topological polar surface area (TPSA) is 27.6 Å². The fourth-order valence-corrected chi connectivity index (χ4v) is 2.40. The molecule has 84 valence electrons. The highest BCUT2D eigenvalue weighted by molar-refractivity contribution is 5.70. The molecule has 0 aromatic carbocycles. The van der Waals surface area contributed by atoms with Gasteiger partial charge in [0.1, 0.15) is 0 Å². The van der Waals surface area contributed by atoms with Crippen molar-refractivity contribution in [2.75, 3.05) is 26.2 Å². The number of nitrogens with zero attached hydrogens (tertiary/aromatic N) is 2. The van der Waals surface area contributed by atoms with E-state index in [0.717, 1.165) is 26.2 Å². The average molecular weight is 207 g/mol. The fourth-order valence-electron chi connectivity index (χ4n) is 2.40. The van der Waals surface area contributed by atoms with E-state index in [1.807, 2.05) is 6.20 Å². The average Bonchev–Trinajstić information content (AvgIpc) is 2.25. The van der Waals surface area contributed by atoms with Crippen LogP contribution in [-0.4, -0.2) is 42.8 Å². The van der Waals surface area contributed by atoms with Gasteiger partial charge in [-0.15, -0.1) is 0 Å². The summed E-state index contributed by atoms with van der Waals surface area (Å²) in [6, 6.07) is 0. The molecule has 15 heavy (non-hydrogen) atoms. The van der Waals surface area contributed by atoms with E-state index in [9.17, 15) is 0 Å². The summed E-state index contributed by atoms with van der Waals surface area (Å²) in [5.41, 5.74) is 0.173. The van der Waals surface area contributed by atoms with Gasteiger partial charge in [-0.1, -0.05) is 6.08 Å². The van der Waals surface area contributed by atoms with E-state index >= 15 is 0 Å². The highest BCUT2D eigenvalue weighted by Crippen LogP contribution is 2.22. The molecule has 2 heterocycles. The Morgan fingerprint density at radius 3 is 2.93 bits per heavy atom. The van der Waals surface area contributed by atoms with Crippen LogP contribution in [0.25, 0.3) is 0 Å². The van der Waals surface area contributed by atoms with Crippen molar-refractivity contribution in [2.24, 2.45) is 4.99 Å². The molecule has 0 aromatic rings. The first-order valence-electron chi connectivity index (χ1n) is 5.96. The number of hydrogen-bond acceptors (Lipinski definition) is 3. The third-order valence-corrected chi connectivity index (χ3v) is 3.44. The quantitative estimate of drug-likeness (QED) is 0.704. The Kier molecular flexibility index (Phi) is 3.54. The molecule has 0 radical (unpaired) electrons. The number of nitrogens with one attached hydrogen (secondary N) is 1. The van der Waals surface area contributed by atoms with Gasteiger partial charge in [-0.25, -0.2) is 0 Å². The molecular formula is C12H21N3. The lowest BCUT2D eigenvalue weighted by Crippen LogP contribution is -2.55. The van der Waals surface area contributed by atoms with E-state index in [1.54, 1.807) is 0 Å². The zero-order valence-electron chi connectivity index (χ0n) is 9.58. The van der Waals surface area contributed by atoms with Crippen molar-refractivity contribution in [3.8, 4) is 0 Å². The number of aliphatic imine (C=N–C) groups is 1. The van der Waals surface area contributed by atoms with Gasteiger partial charge >= 0.3 is 0 Å². The maximum Gasteiger partial charge on any atom is 0.0536 e. The summed E-state index contributed by atoms with van der Waals surface area (Å²) in [7, 11) is 0. The first-order chi connectivity index (χ1) is 7.31. The molecular weight excluding hydrogens is 186 g/mol. The minimum atomic E-state index is 0.173. The van der Waals surface area contributed by atoms with Crippen molar-refractivity contribution in [2.45, 2.75) is 31.7 Å². The lowest BCUT2D eigenvalue weighted by Gasteiger charge is -2.41. The highest BCUT2D eigenvalue weighted by atomic mass is 15.2. The number of hydrogen-bond donors (Lipinski definition) is 1. The molecule has 0 aliphatic carbocycles. The van der Waals surface area contributed by atoms with Crippen molar-refractivity contribution < 1.29 is 0 Å². The van der Waals surface area contributed by atoms with Gasteiger partial charge in [-0.2, -0.15) is 0 Å². The molecule has 0 amide bonds. The van der Waals surface area contributed by atoms with E-state index in [2.05, 4.69) is 34.4 Å². The SMILES string of the molecule is CC1(N2CCNCC2)C=N/C=C\CCC1.